The van der Waals surface area contributed by atoms with Gasteiger partial charge < -0.3 is 13.9 Å². The summed E-state index contributed by atoms with van der Waals surface area (Å²) in [6.07, 6.45) is 3.13. The van der Waals surface area contributed by atoms with Crippen molar-refractivity contribution in [3.05, 3.63) is 93.5 Å². The molecule has 2 aromatic heterocycles. The number of aromatic nitrogens is 1. The van der Waals surface area contributed by atoms with Crippen LogP contribution in [0.1, 0.15) is 12.5 Å². The highest BCUT2D eigenvalue weighted by atomic mass is 32.2. The molecule has 1 aliphatic heterocycles. The van der Waals surface area contributed by atoms with E-state index in [-0.39, 0.29) is 35.7 Å². The zero-order chi connectivity index (χ0) is 25.9. The van der Waals surface area contributed by atoms with Crippen molar-refractivity contribution in [2.45, 2.75) is 6.92 Å². The molecule has 0 unspecified atom stereocenters. The van der Waals surface area contributed by atoms with E-state index >= 15 is 0 Å². The molecule has 0 aliphatic carbocycles. The zero-order valence-corrected chi connectivity index (χ0v) is 20.3. The van der Waals surface area contributed by atoms with Crippen LogP contribution >= 0.6 is 11.8 Å². The summed E-state index contributed by atoms with van der Waals surface area (Å²) >= 11 is 0.872. The van der Waals surface area contributed by atoms with Crippen molar-refractivity contribution in [1.29, 1.82) is 0 Å². The van der Waals surface area contributed by atoms with Gasteiger partial charge in [0.25, 0.3) is 11.1 Å². The SMILES string of the molecule is C/C(=C1/SC(=O)NC1=O)c1ccc(OCCOc2c(-c3cccnc3)oc3ccc(F)cc3c2=O)cc1. The molecular formula is C27H19FN2O6S. The van der Waals surface area contributed by atoms with E-state index in [2.05, 4.69) is 10.3 Å². The zero-order valence-electron chi connectivity index (χ0n) is 19.4. The van der Waals surface area contributed by atoms with Gasteiger partial charge in [-0.2, -0.15) is 0 Å². The molecule has 1 aliphatic rings. The number of hydrogen-bond donors (Lipinski definition) is 1. The lowest BCUT2D eigenvalue weighted by Crippen LogP contribution is -2.18. The summed E-state index contributed by atoms with van der Waals surface area (Å²) in [6, 6.07) is 14.2. The Morgan fingerprint density at radius 2 is 1.84 bits per heavy atom. The Labute approximate surface area is 214 Å². The van der Waals surface area contributed by atoms with Crippen LogP contribution in [0, 0.1) is 5.82 Å². The monoisotopic (exact) mass is 518 g/mol. The van der Waals surface area contributed by atoms with Crippen molar-refractivity contribution in [3.8, 4) is 22.8 Å². The number of carbonyl (C=O) groups is 2. The number of nitrogens with zero attached hydrogens (tertiary/aromatic N) is 1. The van der Waals surface area contributed by atoms with Crippen LogP contribution in [0.4, 0.5) is 9.18 Å². The maximum Gasteiger partial charge on any atom is 0.290 e. The molecule has 0 spiro atoms. The summed E-state index contributed by atoms with van der Waals surface area (Å²) in [5.41, 5.74) is 1.73. The predicted octanol–water partition coefficient (Wildman–Crippen LogP) is 5.17. The number of pyridine rings is 1. The van der Waals surface area contributed by atoms with Gasteiger partial charge in [0.15, 0.2) is 5.76 Å². The summed E-state index contributed by atoms with van der Waals surface area (Å²) in [7, 11) is 0. The maximum absolute atomic E-state index is 13.8. The molecule has 0 radical (unpaired) electrons. The van der Waals surface area contributed by atoms with Crippen LogP contribution in [0.15, 0.2) is 81.1 Å². The van der Waals surface area contributed by atoms with Gasteiger partial charge in [-0.05, 0) is 72.3 Å². The lowest BCUT2D eigenvalue weighted by Gasteiger charge is -2.12. The molecule has 186 valence electrons. The number of imide groups is 1. The smallest absolute Gasteiger partial charge is 0.290 e. The molecule has 4 aromatic rings. The lowest BCUT2D eigenvalue weighted by molar-refractivity contribution is -0.115. The van der Waals surface area contributed by atoms with Gasteiger partial charge in [0.05, 0.1) is 10.3 Å². The highest BCUT2D eigenvalue weighted by molar-refractivity contribution is 8.18. The fourth-order valence-corrected chi connectivity index (χ4v) is 4.51. The summed E-state index contributed by atoms with van der Waals surface area (Å²) in [6.45, 7) is 1.90. The minimum atomic E-state index is -0.559. The molecule has 0 bridgehead atoms. The number of nitrogens with one attached hydrogen (secondary N) is 1. The number of benzene rings is 2. The largest absolute Gasteiger partial charge is 0.490 e. The van der Waals surface area contributed by atoms with E-state index in [0.29, 0.717) is 21.8 Å². The van der Waals surface area contributed by atoms with Crippen molar-refractivity contribution >= 4 is 39.5 Å². The van der Waals surface area contributed by atoms with Gasteiger partial charge in [0.2, 0.25) is 11.2 Å². The van der Waals surface area contributed by atoms with E-state index in [0.717, 1.165) is 23.4 Å². The third-order valence-corrected chi connectivity index (χ3v) is 6.56. The van der Waals surface area contributed by atoms with Crippen LogP contribution in [-0.2, 0) is 4.79 Å². The number of thioether (sulfide) groups is 1. The molecule has 0 saturated carbocycles. The van der Waals surface area contributed by atoms with E-state index in [4.69, 9.17) is 13.9 Å². The van der Waals surface area contributed by atoms with Gasteiger partial charge >= 0.3 is 0 Å². The second kappa shape index (κ2) is 10.3. The molecule has 1 saturated heterocycles. The Morgan fingerprint density at radius 1 is 1.05 bits per heavy atom. The molecule has 2 amide bonds. The molecular weight excluding hydrogens is 499 g/mol. The van der Waals surface area contributed by atoms with Crippen molar-refractivity contribution in [2.24, 2.45) is 0 Å². The number of hydrogen-bond acceptors (Lipinski definition) is 8. The Bertz CT molecular complexity index is 1600. The Hall–Kier alpha value is -4.44. The lowest BCUT2D eigenvalue weighted by atomic mass is 10.1. The Balaban J connectivity index is 1.31. The van der Waals surface area contributed by atoms with Crippen molar-refractivity contribution < 1.29 is 27.9 Å². The highest BCUT2D eigenvalue weighted by Gasteiger charge is 2.27. The first-order chi connectivity index (χ1) is 17.9. The topological polar surface area (TPSA) is 108 Å². The van der Waals surface area contributed by atoms with Crippen LogP contribution in [0.2, 0.25) is 0 Å². The van der Waals surface area contributed by atoms with E-state index in [1.807, 2.05) is 0 Å². The first kappa shape index (κ1) is 24.3. The normalized spacial score (nSPS) is 14.5. The fourth-order valence-electron chi connectivity index (χ4n) is 3.76. The predicted molar refractivity (Wildman–Crippen MR) is 137 cm³/mol. The van der Waals surface area contributed by atoms with E-state index in [1.165, 1.54) is 12.1 Å². The quantitative estimate of drug-likeness (QED) is 0.264. The van der Waals surface area contributed by atoms with Gasteiger partial charge in [-0.15, -0.1) is 0 Å². The summed E-state index contributed by atoms with van der Waals surface area (Å²) in [4.78, 5) is 40.9. The summed E-state index contributed by atoms with van der Waals surface area (Å²) in [5, 5.41) is 1.92. The van der Waals surface area contributed by atoms with E-state index < -0.39 is 22.4 Å². The van der Waals surface area contributed by atoms with Gasteiger partial charge in [0, 0.05) is 18.0 Å². The number of carbonyl (C=O) groups excluding carboxylic acids is 2. The highest BCUT2D eigenvalue weighted by Crippen LogP contribution is 2.32. The first-order valence-electron chi connectivity index (χ1n) is 11.2. The van der Waals surface area contributed by atoms with Gasteiger partial charge in [-0.25, -0.2) is 4.39 Å². The van der Waals surface area contributed by atoms with Crippen LogP contribution in [-0.4, -0.2) is 29.3 Å². The molecule has 0 atom stereocenters. The molecule has 1 N–H and O–H groups in total. The second-order valence-corrected chi connectivity index (χ2v) is 8.97. The van der Waals surface area contributed by atoms with Crippen LogP contribution < -0.4 is 20.2 Å². The number of allylic oxidation sites excluding steroid dienone is 1. The third kappa shape index (κ3) is 5.10. The molecule has 2 aromatic carbocycles. The van der Waals surface area contributed by atoms with Crippen LogP contribution in [0.25, 0.3) is 27.9 Å². The third-order valence-electron chi connectivity index (χ3n) is 5.58. The van der Waals surface area contributed by atoms with Crippen LogP contribution in [0.5, 0.6) is 11.5 Å². The molecule has 37 heavy (non-hydrogen) atoms. The molecule has 10 heteroatoms. The molecule has 1 fully saturated rings. The standard InChI is InChI=1S/C27H19FN2O6S/c1-15(25-26(32)30-27(33)37-25)16-4-7-19(8-5-16)34-11-12-35-24-22(31)20-13-18(28)6-9-21(20)36-23(24)17-3-2-10-29-14-17/h2-10,13-14H,11-12H2,1H3,(H,30,32,33)/b25-15-. The number of fused-ring (bicyclic) bond motifs is 1. The number of ether oxygens (including phenoxy) is 2. The van der Waals surface area contributed by atoms with Gasteiger partial charge in [-0.3, -0.25) is 24.7 Å². The van der Waals surface area contributed by atoms with E-state index in [9.17, 15) is 18.8 Å². The van der Waals surface area contributed by atoms with Gasteiger partial charge in [0.1, 0.15) is 30.4 Å². The summed E-state index contributed by atoms with van der Waals surface area (Å²) in [5.74, 6) is -0.288. The molecule has 8 nitrogen and oxygen atoms in total. The molecule has 3 heterocycles. The average molecular weight is 519 g/mol. The maximum atomic E-state index is 13.8. The first-order valence-corrected chi connectivity index (χ1v) is 12.0. The Kier molecular flexibility index (Phi) is 6.74. The van der Waals surface area contributed by atoms with Crippen molar-refractivity contribution in [2.75, 3.05) is 13.2 Å². The molecule has 5 rings (SSSR count). The number of rotatable bonds is 7. The Morgan fingerprint density at radius 3 is 2.54 bits per heavy atom. The van der Waals surface area contributed by atoms with Crippen molar-refractivity contribution in [1.82, 2.24) is 10.3 Å². The van der Waals surface area contributed by atoms with Crippen molar-refractivity contribution in [3.63, 3.8) is 0 Å². The minimum Gasteiger partial charge on any atom is -0.490 e. The minimum absolute atomic E-state index is 0.0165. The number of halogens is 1. The number of amides is 2. The second-order valence-electron chi connectivity index (χ2n) is 7.99. The van der Waals surface area contributed by atoms with Gasteiger partial charge in [-0.1, -0.05) is 12.1 Å². The fraction of sp³-hybridized carbons (Fsp3) is 0.111. The average Bonchev–Trinajstić information content (AvgIpc) is 3.25. The summed E-state index contributed by atoms with van der Waals surface area (Å²) < 4.78 is 31.2. The van der Waals surface area contributed by atoms with E-state index in [1.54, 1.807) is 55.7 Å². The van der Waals surface area contributed by atoms with Crippen LogP contribution in [0.3, 0.4) is 0 Å².